The Bertz CT molecular complexity index is 899. The second-order valence-electron chi connectivity index (χ2n) is 5.64. The molecule has 0 radical (unpaired) electrons. The zero-order valence-corrected chi connectivity index (χ0v) is 13.6. The van der Waals surface area contributed by atoms with Crippen LogP contribution in [0.3, 0.4) is 0 Å². The minimum atomic E-state index is -0.535. The van der Waals surface area contributed by atoms with Gasteiger partial charge in [0.15, 0.2) is 6.61 Å². The number of ether oxygens (including phenoxy) is 1. The number of rotatable bonds is 6. The zero-order chi connectivity index (χ0) is 17.6. The summed E-state index contributed by atoms with van der Waals surface area (Å²) >= 11 is 0. The lowest BCUT2D eigenvalue weighted by Crippen LogP contribution is -2.20. The van der Waals surface area contributed by atoms with Crippen LogP contribution in [0, 0.1) is 0 Å². The van der Waals surface area contributed by atoms with Crippen molar-refractivity contribution >= 4 is 28.3 Å². The summed E-state index contributed by atoms with van der Waals surface area (Å²) in [5, 5.41) is 5.05. The first kappa shape index (κ1) is 16.5. The second kappa shape index (κ2) is 7.49. The maximum absolute atomic E-state index is 12.3. The SMILES string of the molecule is NC(=O)COc1ccc(NC(=O)Cc2cccc3ccccc23)cc1. The van der Waals surface area contributed by atoms with Crippen molar-refractivity contribution in [1.29, 1.82) is 0 Å². The fourth-order valence-corrected chi connectivity index (χ4v) is 2.61. The minimum Gasteiger partial charge on any atom is -0.484 e. The van der Waals surface area contributed by atoms with Crippen molar-refractivity contribution in [3.8, 4) is 5.75 Å². The van der Waals surface area contributed by atoms with Gasteiger partial charge >= 0.3 is 0 Å². The van der Waals surface area contributed by atoms with Crippen molar-refractivity contribution in [3.63, 3.8) is 0 Å². The molecule has 0 unspecified atom stereocenters. The van der Waals surface area contributed by atoms with Crippen LogP contribution in [0.1, 0.15) is 5.56 Å². The molecule has 0 saturated heterocycles. The van der Waals surface area contributed by atoms with Gasteiger partial charge in [-0.2, -0.15) is 0 Å². The van der Waals surface area contributed by atoms with Gasteiger partial charge in [0, 0.05) is 5.69 Å². The topological polar surface area (TPSA) is 81.4 Å². The Morgan fingerprint density at radius 2 is 1.64 bits per heavy atom. The van der Waals surface area contributed by atoms with Crippen LogP contribution in [0.15, 0.2) is 66.7 Å². The number of hydrogen-bond donors (Lipinski definition) is 2. The average molecular weight is 334 g/mol. The number of fused-ring (bicyclic) bond motifs is 1. The summed E-state index contributed by atoms with van der Waals surface area (Å²) < 4.78 is 5.18. The molecule has 0 heterocycles. The standard InChI is InChI=1S/C20H18N2O3/c21-19(23)13-25-17-10-8-16(9-11-17)22-20(24)12-15-6-3-5-14-4-1-2-7-18(14)15/h1-11H,12-13H2,(H2,21,23)(H,22,24). The third-order valence-electron chi connectivity index (χ3n) is 3.75. The number of carbonyl (C=O) groups excluding carboxylic acids is 2. The fraction of sp³-hybridized carbons (Fsp3) is 0.100. The van der Waals surface area contributed by atoms with E-state index in [0.29, 0.717) is 17.9 Å². The molecule has 0 saturated carbocycles. The molecular weight excluding hydrogens is 316 g/mol. The summed E-state index contributed by atoms with van der Waals surface area (Å²) in [6.07, 6.45) is 0.293. The van der Waals surface area contributed by atoms with Crippen molar-refractivity contribution in [2.45, 2.75) is 6.42 Å². The van der Waals surface area contributed by atoms with Gasteiger partial charge in [-0.25, -0.2) is 0 Å². The molecule has 0 aliphatic carbocycles. The Morgan fingerprint density at radius 1 is 0.920 bits per heavy atom. The predicted octanol–water partition coefficient (Wildman–Crippen LogP) is 2.89. The number of nitrogens with two attached hydrogens (primary N) is 1. The Hall–Kier alpha value is -3.34. The number of carbonyl (C=O) groups is 2. The van der Waals surface area contributed by atoms with Crippen LogP contribution in [0.25, 0.3) is 10.8 Å². The highest BCUT2D eigenvalue weighted by Gasteiger charge is 2.07. The van der Waals surface area contributed by atoms with Gasteiger partial charge < -0.3 is 15.8 Å². The van der Waals surface area contributed by atoms with E-state index in [9.17, 15) is 9.59 Å². The van der Waals surface area contributed by atoms with Crippen molar-refractivity contribution in [3.05, 3.63) is 72.3 Å². The van der Waals surface area contributed by atoms with Gasteiger partial charge in [0.1, 0.15) is 5.75 Å². The van der Waals surface area contributed by atoms with Crippen LogP contribution in [0.2, 0.25) is 0 Å². The first-order chi connectivity index (χ1) is 12.1. The molecule has 3 aromatic rings. The molecule has 25 heavy (non-hydrogen) atoms. The van der Waals surface area contributed by atoms with Gasteiger partial charge in [-0.1, -0.05) is 42.5 Å². The Labute approximate surface area is 145 Å². The van der Waals surface area contributed by atoms with E-state index < -0.39 is 5.91 Å². The number of benzene rings is 3. The molecule has 3 rings (SSSR count). The fourth-order valence-electron chi connectivity index (χ4n) is 2.61. The van der Waals surface area contributed by atoms with Crippen molar-refractivity contribution in [2.24, 2.45) is 5.73 Å². The van der Waals surface area contributed by atoms with Crippen LogP contribution in [-0.2, 0) is 16.0 Å². The van der Waals surface area contributed by atoms with Crippen LogP contribution < -0.4 is 15.8 Å². The largest absolute Gasteiger partial charge is 0.484 e. The molecule has 2 amide bonds. The van der Waals surface area contributed by atoms with E-state index in [2.05, 4.69) is 5.32 Å². The van der Waals surface area contributed by atoms with Crippen molar-refractivity contribution in [2.75, 3.05) is 11.9 Å². The van der Waals surface area contributed by atoms with Gasteiger partial charge in [-0.3, -0.25) is 9.59 Å². The Balaban J connectivity index is 1.65. The monoisotopic (exact) mass is 334 g/mol. The first-order valence-electron chi connectivity index (χ1n) is 7.89. The van der Waals surface area contributed by atoms with E-state index in [0.717, 1.165) is 16.3 Å². The molecule has 0 aromatic heterocycles. The molecule has 5 heteroatoms. The third kappa shape index (κ3) is 4.35. The lowest BCUT2D eigenvalue weighted by atomic mass is 10.0. The van der Waals surface area contributed by atoms with E-state index in [1.807, 2.05) is 42.5 Å². The van der Waals surface area contributed by atoms with E-state index >= 15 is 0 Å². The van der Waals surface area contributed by atoms with E-state index in [-0.39, 0.29) is 12.5 Å². The Morgan fingerprint density at radius 3 is 2.40 bits per heavy atom. The lowest BCUT2D eigenvalue weighted by molar-refractivity contribution is -0.120. The molecular formula is C20H18N2O3. The predicted molar refractivity (Wildman–Crippen MR) is 97.4 cm³/mol. The maximum Gasteiger partial charge on any atom is 0.255 e. The molecule has 3 aromatic carbocycles. The van der Waals surface area contributed by atoms with Crippen molar-refractivity contribution in [1.82, 2.24) is 0 Å². The number of primary amides is 1. The van der Waals surface area contributed by atoms with Crippen LogP contribution in [0.5, 0.6) is 5.75 Å². The first-order valence-corrected chi connectivity index (χ1v) is 7.89. The highest BCUT2D eigenvalue weighted by Crippen LogP contribution is 2.20. The molecule has 0 aliphatic heterocycles. The Kier molecular flexibility index (Phi) is 4.95. The summed E-state index contributed by atoms with van der Waals surface area (Å²) in [5.74, 6) is -0.111. The van der Waals surface area contributed by atoms with E-state index in [1.165, 1.54) is 0 Å². The summed E-state index contributed by atoms with van der Waals surface area (Å²) in [6, 6.07) is 20.7. The quantitative estimate of drug-likeness (QED) is 0.727. The van der Waals surface area contributed by atoms with E-state index in [4.69, 9.17) is 10.5 Å². The molecule has 0 spiro atoms. The summed E-state index contributed by atoms with van der Waals surface area (Å²) in [6.45, 7) is -0.174. The minimum absolute atomic E-state index is 0.0952. The maximum atomic E-state index is 12.3. The second-order valence-corrected chi connectivity index (χ2v) is 5.64. The molecule has 126 valence electrons. The van der Waals surface area contributed by atoms with Gasteiger partial charge in [0.25, 0.3) is 5.91 Å². The highest BCUT2D eigenvalue weighted by molar-refractivity contribution is 5.96. The van der Waals surface area contributed by atoms with Gasteiger partial charge in [0.05, 0.1) is 6.42 Å². The zero-order valence-electron chi connectivity index (χ0n) is 13.6. The smallest absolute Gasteiger partial charge is 0.255 e. The van der Waals surface area contributed by atoms with Gasteiger partial charge in [-0.05, 0) is 40.6 Å². The molecule has 3 N–H and O–H groups in total. The highest BCUT2D eigenvalue weighted by atomic mass is 16.5. The van der Waals surface area contributed by atoms with Crippen LogP contribution in [-0.4, -0.2) is 18.4 Å². The number of hydrogen-bond acceptors (Lipinski definition) is 3. The molecule has 0 aliphatic rings. The normalized spacial score (nSPS) is 10.4. The summed E-state index contributed by atoms with van der Waals surface area (Å²) in [7, 11) is 0. The molecule has 0 fully saturated rings. The third-order valence-corrected chi connectivity index (χ3v) is 3.75. The lowest BCUT2D eigenvalue weighted by Gasteiger charge is -2.09. The number of nitrogens with one attached hydrogen (secondary N) is 1. The van der Waals surface area contributed by atoms with Crippen LogP contribution >= 0.6 is 0 Å². The molecule has 0 bridgehead atoms. The summed E-state index contributed by atoms with van der Waals surface area (Å²) in [4.78, 5) is 23.0. The number of anilines is 1. The summed E-state index contributed by atoms with van der Waals surface area (Å²) in [5.41, 5.74) is 6.67. The average Bonchev–Trinajstić information content (AvgIpc) is 2.61. The molecule has 0 atom stereocenters. The molecule has 5 nitrogen and oxygen atoms in total. The van der Waals surface area contributed by atoms with Crippen molar-refractivity contribution < 1.29 is 14.3 Å². The van der Waals surface area contributed by atoms with Gasteiger partial charge in [-0.15, -0.1) is 0 Å². The van der Waals surface area contributed by atoms with Gasteiger partial charge in [0.2, 0.25) is 5.91 Å². The van der Waals surface area contributed by atoms with E-state index in [1.54, 1.807) is 24.3 Å². The van der Waals surface area contributed by atoms with Crippen LogP contribution in [0.4, 0.5) is 5.69 Å². The number of amides is 2.